The van der Waals surface area contributed by atoms with Gasteiger partial charge in [0.05, 0.1) is 12.8 Å². The lowest BCUT2D eigenvalue weighted by Crippen LogP contribution is -2.38. The Kier molecular flexibility index (Phi) is 6.42. The number of hydrogen-bond acceptors (Lipinski definition) is 4. The number of rotatable bonds is 6. The fraction of sp³-hybridized carbons (Fsp3) is 0.529. The number of carbonyl (C=O) groups is 2. The average Bonchev–Trinajstić information content (AvgIpc) is 2.41. The number of aliphatic carboxylic acids is 1. The third kappa shape index (κ3) is 6.18. The van der Waals surface area contributed by atoms with Gasteiger partial charge in [-0.25, -0.2) is 4.79 Å². The molecule has 0 atom stereocenters. The van der Waals surface area contributed by atoms with E-state index in [-0.39, 0.29) is 13.0 Å². The quantitative estimate of drug-likeness (QED) is 0.865. The van der Waals surface area contributed by atoms with Gasteiger partial charge in [-0.05, 0) is 51.8 Å². The predicted molar refractivity (Wildman–Crippen MR) is 88.2 cm³/mol. The Hall–Kier alpha value is -2.24. The Morgan fingerprint density at radius 2 is 1.91 bits per heavy atom. The second-order valence-electron chi connectivity index (χ2n) is 6.30. The molecule has 0 saturated heterocycles. The minimum atomic E-state index is -0.898. The van der Waals surface area contributed by atoms with Gasteiger partial charge in [-0.1, -0.05) is 6.07 Å². The molecule has 0 aromatic heterocycles. The van der Waals surface area contributed by atoms with Gasteiger partial charge >= 0.3 is 12.1 Å². The number of nitrogens with zero attached hydrogens (tertiary/aromatic N) is 1. The minimum absolute atomic E-state index is 0.0204. The number of methoxy groups -OCH3 is 1. The monoisotopic (exact) mass is 323 g/mol. The average molecular weight is 323 g/mol. The lowest BCUT2D eigenvalue weighted by Gasteiger charge is -2.28. The number of anilines is 1. The van der Waals surface area contributed by atoms with Crippen molar-refractivity contribution in [2.75, 3.05) is 18.6 Å². The van der Waals surface area contributed by atoms with Crippen LogP contribution in [-0.2, 0) is 9.53 Å². The van der Waals surface area contributed by atoms with Gasteiger partial charge in [0, 0.05) is 13.0 Å². The van der Waals surface area contributed by atoms with Gasteiger partial charge in [0.1, 0.15) is 11.4 Å². The first-order valence-electron chi connectivity index (χ1n) is 7.51. The normalized spacial score (nSPS) is 11.0. The zero-order valence-electron chi connectivity index (χ0n) is 14.4. The van der Waals surface area contributed by atoms with Gasteiger partial charge < -0.3 is 14.6 Å². The fourth-order valence-electron chi connectivity index (χ4n) is 2.03. The maximum Gasteiger partial charge on any atom is 0.414 e. The largest absolute Gasteiger partial charge is 0.495 e. The van der Waals surface area contributed by atoms with Gasteiger partial charge in [-0.2, -0.15) is 0 Å². The Morgan fingerprint density at radius 1 is 1.26 bits per heavy atom. The summed E-state index contributed by atoms with van der Waals surface area (Å²) in [7, 11) is 1.53. The Labute approximate surface area is 137 Å². The minimum Gasteiger partial charge on any atom is -0.495 e. The highest BCUT2D eigenvalue weighted by Crippen LogP contribution is 2.30. The molecule has 1 N–H and O–H groups in total. The van der Waals surface area contributed by atoms with Crippen molar-refractivity contribution in [3.8, 4) is 5.75 Å². The van der Waals surface area contributed by atoms with E-state index in [9.17, 15) is 9.59 Å². The first-order valence-corrected chi connectivity index (χ1v) is 7.51. The second kappa shape index (κ2) is 7.85. The van der Waals surface area contributed by atoms with Crippen molar-refractivity contribution in [3.05, 3.63) is 23.8 Å². The van der Waals surface area contributed by atoms with Gasteiger partial charge in [0.2, 0.25) is 0 Å². The van der Waals surface area contributed by atoms with Gasteiger partial charge in [0.15, 0.2) is 0 Å². The van der Waals surface area contributed by atoms with Crippen molar-refractivity contribution >= 4 is 17.7 Å². The fourth-order valence-corrected chi connectivity index (χ4v) is 2.03. The Balaban J connectivity index is 3.09. The molecule has 6 nitrogen and oxygen atoms in total. The van der Waals surface area contributed by atoms with Crippen molar-refractivity contribution in [2.45, 2.75) is 46.1 Å². The summed E-state index contributed by atoms with van der Waals surface area (Å²) >= 11 is 0. The summed E-state index contributed by atoms with van der Waals surface area (Å²) in [5, 5.41) is 8.81. The van der Waals surface area contributed by atoms with Crippen molar-refractivity contribution in [1.29, 1.82) is 0 Å². The van der Waals surface area contributed by atoms with Crippen LogP contribution in [0.25, 0.3) is 0 Å². The van der Waals surface area contributed by atoms with Crippen LogP contribution in [0.1, 0.15) is 39.2 Å². The van der Waals surface area contributed by atoms with Crippen LogP contribution in [0.5, 0.6) is 5.75 Å². The molecule has 0 unspecified atom stereocenters. The standard InChI is InChI=1S/C17H25NO5/c1-12-8-9-14(22-5)13(11-12)18(10-6-7-15(19)20)16(21)23-17(2,3)4/h8-9,11H,6-7,10H2,1-5H3,(H,19,20). The first-order chi connectivity index (χ1) is 10.6. The third-order valence-electron chi connectivity index (χ3n) is 3.01. The summed E-state index contributed by atoms with van der Waals surface area (Å²) in [5.74, 6) is -0.359. The van der Waals surface area contributed by atoms with Crippen LogP contribution < -0.4 is 9.64 Å². The van der Waals surface area contributed by atoms with E-state index in [1.54, 1.807) is 26.8 Å². The van der Waals surface area contributed by atoms with E-state index in [2.05, 4.69) is 0 Å². The first kappa shape index (κ1) is 18.8. The molecule has 0 saturated carbocycles. The number of ether oxygens (including phenoxy) is 2. The number of hydrogen-bond donors (Lipinski definition) is 1. The van der Waals surface area contributed by atoms with Crippen molar-refractivity contribution < 1.29 is 24.2 Å². The molecule has 0 spiro atoms. The van der Waals surface area contributed by atoms with Crippen molar-refractivity contribution in [1.82, 2.24) is 0 Å². The smallest absolute Gasteiger partial charge is 0.414 e. The van der Waals surface area contributed by atoms with Crippen LogP contribution in [0, 0.1) is 6.92 Å². The SMILES string of the molecule is COc1ccc(C)cc1N(CCCC(=O)O)C(=O)OC(C)(C)C. The maximum absolute atomic E-state index is 12.5. The second-order valence-corrected chi connectivity index (χ2v) is 6.30. The van der Waals surface area contributed by atoms with Crippen molar-refractivity contribution in [2.24, 2.45) is 0 Å². The Bertz CT molecular complexity index is 563. The van der Waals surface area contributed by atoms with E-state index in [1.807, 2.05) is 19.1 Å². The molecule has 0 heterocycles. The highest BCUT2D eigenvalue weighted by Gasteiger charge is 2.25. The van der Waals surface area contributed by atoms with E-state index in [1.165, 1.54) is 12.0 Å². The molecule has 0 aliphatic heterocycles. The van der Waals surface area contributed by atoms with Crippen LogP contribution in [0.15, 0.2) is 18.2 Å². The van der Waals surface area contributed by atoms with E-state index >= 15 is 0 Å². The molecule has 0 radical (unpaired) electrons. The highest BCUT2D eigenvalue weighted by atomic mass is 16.6. The molecule has 0 fully saturated rings. The number of benzene rings is 1. The van der Waals surface area contributed by atoms with E-state index in [0.29, 0.717) is 17.9 Å². The molecule has 1 amide bonds. The highest BCUT2D eigenvalue weighted by molar-refractivity contribution is 5.90. The molecule has 6 heteroatoms. The molecular weight excluding hydrogens is 298 g/mol. The van der Waals surface area contributed by atoms with Gasteiger partial charge in [-0.15, -0.1) is 0 Å². The molecule has 0 bridgehead atoms. The number of aryl methyl sites for hydroxylation is 1. The number of carbonyl (C=O) groups excluding carboxylic acids is 1. The molecule has 128 valence electrons. The van der Waals surface area contributed by atoms with Crippen LogP contribution in [0.2, 0.25) is 0 Å². The summed E-state index contributed by atoms with van der Waals surface area (Å²) in [6.45, 7) is 7.50. The molecule has 1 aromatic carbocycles. The molecular formula is C17H25NO5. The van der Waals surface area contributed by atoms with Crippen molar-refractivity contribution in [3.63, 3.8) is 0 Å². The molecule has 1 aromatic rings. The zero-order chi connectivity index (χ0) is 17.6. The van der Waals surface area contributed by atoms with E-state index in [4.69, 9.17) is 14.6 Å². The third-order valence-corrected chi connectivity index (χ3v) is 3.01. The molecule has 0 aliphatic carbocycles. The molecule has 23 heavy (non-hydrogen) atoms. The lowest BCUT2D eigenvalue weighted by molar-refractivity contribution is -0.137. The topological polar surface area (TPSA) is 76.1 Å². The summed E-state index contributed by atoms with van der Waals surface area (Å²) in [4.78, 5) is 24.7. The van der Waals surface area contributed by atoms with Crippen LogP contribution in [-0.4, -0.2) is 36.4 Å². The van der Waals surface area contributed by atoms with Gasteiger partial charge in [0.25, 0.3) is 0 Å². The van der Waals surface area contributed by atoms with Crippen LogP contribution in [0.3, 0.4) is 0 Å². The molecule has 1 rings (SSSR count). The van der Waals surface area contributed by atoms with E-state index < -0.39 is 17.7 Å². The predicted octanol–water partition coefficient (Wildman–Crippen LogP) is 3.61. The zero-order valence-corrected chi connectivity index (χ0v) is 14.4. The summed E-state index contributed by atoms with van der Waals surface area (Å²) < 4.78 is 10.8. The van der Waals surface area contributed by atoms with Crippen LogP contribution >= 0.6 is 0 Å². The van der Waals surface area contributed by atoms with Gasteiger partial charge in [-0.3, -0.25) is 9.69 Å². The van der Waals surface area contributed by atoms with Crippen LogP contribution in [0.4, 0.5) is 10.5 Å². The summed E-state index contributed by atoms with van der Waals surface area (Å²) in [5.41, 5.74) is 0.902. The number of carboxylic acids is 1. The molecule has 0 aliphatic rings. The maximum atomic E-state index is 12.5. The summed E-state index contributed by atoms with van der Waals surface area (Å²) in [6, 6.07) is 5.48. The van der Waals surface area contributed by atoms with E-state index in [0.717, 1.165) is 5.56 Å². The lowest BCUT2D eigenvalue weighted by atomic mass is 10.1. The number of carboxylic acid groups (broad SMARTS) is 1. The summed E-state index contributed by atoms with van der Waals surface area (Å²) in [6.07, 6.45) is -0.217. The Morgan fingerprint density at radius 3 is 2.43 bits per heavy atom. The number of amides is 1.